The van der Waals surface area contributed by atoms with E-state index in [1.807, 2.05) is 0 Å². The van der Waals surface area contributed by atoms with Crippen molar-refractivity contribution in [1.29, 1.82) is 0 Å². The van der Waals surface area contributed by atoms with Crippen LogP contribution in [0, 0.1) is 17.3 Å². The minimum atomic E-state index is 0.531. The van der Waals surface area contributed by atoms with Gasteiger partial charge in [-0.1, -0.05) is 24.6 Å². The molecule has 2 bridgehead atoms. The summed E-state index contributed by atoms with van der Waals surface area (Å²) >= 11 is 0. The average Bonchev–Trinajstić information content (AvgIpc) is 3.14. The number of nitrogens with one attached hydrogen (secondary N) is 1. The fourth-order valence-corrected chi connectivity index (χ4v) is 5.34. The first-order valence-corrected chi connectivity index (χ1v) is 8.17. The Morgan fingerprint density at radius 1 is 1.30 bits per heavy atom. The monoisotopic (exact) mass is 271 g/mol. The van der Waals surface area contributed by atoms with Gasteiger partial charge in [-0.3, -0.25) is 0 Å². The molecule has 1 aromatic rings. The summed E-state index contributed by atoms with van der Waals surface area (Å²) in [6.45, 7) is 2.08. The molecule has 2 saturated carbocycles. The van der Waals surface area contributed by atoms with Crippen LogP contribution < -0.4 is 10.1 Å². The zero-order valence-electron chi connectivity index (χ0n) is 12.4. The largest absolute Gasteiger partial charge is 0.493 e. The van der Waals surface area contributed by atoms with Crippen molar-refractivity contribution in [3.05, 3.63) is 29.8 Å². The SMILES string of the molecule is CNCC1(CC2COc3ccccc32)CC2CCC1C2. The second-order valence-electron chi connectivity index (χ2n) is 7.22. The van der Waals surface area contributed by atoms with Gasteiger partial charge in [0, 0.05) is 18.0 Å². The van der Waals surface area contributed by atoms with Crippen LogP contribution in [0.5, 0.6) is 5.75 Å². The van der Waals surface area contributed by atoms with Gasteiger partial charge in [0.25, 0.3) is 0 Å². The van der Waals surface area contributed by atoms with Gasteiger partial charge in [0.15, 0.2) is 0 Å². The first-order chi connectivity index (χ1) is 9.81. The van der Waals surface area contributed by atoms with Gasteiger partial charge in [0.05, 0.1) is 6.61 Å². The summed E-state index contributed by atoms with van der Waals surface area (Å²) in [5.41, 5.74) is 1.98. The van der Waals surface area contributed by atoms with Crippen LogP contribution in [0.25, 0.3) is 0 Å². The van der Waals surface area contributed by atoms with Crippen LogP contribution >= 0.6 is 0 Å². The van der Waals surface area contributed by atoms with Crippen LogP contribution in [0.15, 0.2) is 24.3 Å². The van der Waals surface area contributed by atoms with Crippen molar-refractivity contribution < 1.29 is 4.74 Å². The van der Waals surface area contributed by atoms with Crippen molar-refractivity contribution in [2.75, 3.05) is 20.2 Å². The lowest BCUT2D eigenvalue weighted by molar-refractivity contribution is 0.127. The van der Waals surface area contributed by atoms with E-state index in [9.17, 15) is 0 Å². The Morgan fingerprint density at radius 3 is 2.95 bits per heavy atom. The van der Waals surface area contributed by atoms with Gasteiger partial charge in [-0.2, -0.15) is 0 Å². The zero-order chi connectivity index (χ0) is 13.6. The topological polar surface area (TPSA) is 21.3 Å². The maximum Gasteiger partial charge on any atom is 0.122 e. The van der Waals surface area contributed by atoms with Crippen LogP contribution in [-0.4, -0.2) is 20.2 Å². The molecule has 1 heterocycles. The third kappa shape index (κ3) is 1.88. The van der Waals surface area contributed by atoms with Crippen molar-refractivity contribution in [3.63, 3.8) is 0 Å². The first kappa shape index (κ1) is 12.7. The van der Waals surface area contributed by atoms with Gasteiger partial charge in [0.1, 0.15) is 5.75 Å². The minimum absolute atomic E-state index is 0.531. The highest BCUT2D eigenvalue weighted by molar-refractivity contribution is 5.39. The Morgan fingerprint density at radius 2 is 2.20 bits per heavy atom. The summed E-state index contributed by atoms with van der Waals surface area (Å²) in [4.78, 5) is 0. The molecule has 4 atom stereocenters. The zero-order valence-corrected chi connectivity index (χ0v) is 12.4. The Hall–Kier alpha value is -1.02. The molecule has 2 aliphatic carbocycles. The summed E-state index contributed by atoms with van der Waals surface area (Å²) in [6, 6.07) is 8.64. The van der Waals surface area contributed by atoms with E-state index in [0.29, 0.717) is 11.3 Å². The van der Waals surface area contributed by atoms with E-state index >= 15 is 0 Å². The molecule has 0 spiro atoms. The number of fused-ring (bicyclic) bond motifs is 3. The molecule has 1 N–H and O–H groups in total. The van der Waals surface area contributed by atoms with Crippen molar-refractivity contribution in [1.82, 2.24) is 5.32 Å². The lowest BCUT2D eigenvalue weighted by Gasteiger charge is -2.39. The molecule has 4 rings (SSSR count). The summed E-state index contributed by atoms with van der Waals surface area (Å²) in [5, 5.41) is 3.49. The van der Waals surface area contributed by atoms with Crippen LogP contribution in [0.4, 0.5) is 0 Å². The molecule has 0 amide bonds. The highest BCUT2D eigenvalue weighted by Gasteiger charge is 2.51. The van der Waals surface area contributed by atoms with Gasteiger partial charge >= 0.3 is 0 Å². The quantitative estimate of drug-likeness (QED) is 0.904. The average molecular weight is 271 g/mol. The summed E-state index contributed by atoms with van der Waals surface area (Å²) in [6.07, 6.45) is 7.18. The molecule has 4 unspecified atom stereocenters. The molecule has 2 nitrogen and oxygen atoms in total. The highest BCUT2D eigenvalue weighted by Crippen LogP contribution is 2.59. The summed E-state index contributed by atoms with van der Waals surface area (Å²) < 4.78 is 5.90. The molecule has 0 saturated heterocycles. The smallest absolute Gasteiger partial charge is 0.122 e. The van der Waals surface area contributed by atoms with Gasteiger partial charge in [-0.25, -0.2) is 0 Å². The number of hydrogen-bond donors (Lipinski definition) is 1. The predicted octanol–water partition coefficient (Wildman–Crippen LogP) is 3.58. The first-order valence-electron chi connectivity index (χ1n) is 8.17. The third-order valence-corrected chi connectivity index (χ3v) is 6.08. The molecule has 1 aromatic carbocycles. The second kappa shape index (κ2) is 4.77. The number of benzene rings is 1. The Balaban J connectivity index is 1.58. The summed E-state index contributed by atoms with van der Waals surface area (Å²) in [5.74, 6) is 3.69. The van der Waals surface area contributed by atoms with Crippen LogP contribution in [0.2, 0.25) is 0 Å². The van der Waals surface area contributed by atoms with Crippen LogP contribution in [0.3, 0.4) is 0 Å². The number of hydrogen-bond acceptors (Lipinski definition) is 2. The molecule has 0 aromatic heterocycles. The normalized spacial score (nSPS) is 38.0. The van der Waals surface area contributed by atoms with E-state index in [2.05, 4.69) is 36.6 Å². The number of ether oxygens (including phenoxy) is 1. The van der Waals surface area contributed by atoms with Crippen molar-refractivity contribution in [3.8, 4) is 5.75 Å². The molecule has 2 fully saturated rings. The molecule has 20 heavy (non-hydrogen) atoms. The Kier molecular flexibility index (Phi) is 3.03. The fourth-order valence-electron chi connectivity index (χ4n) is 5.34. The minimum Gasteiger partial charge on any atom is -0.493 e. The van der Waals surface area contributed by atoms with Gasteiger partial charge in [-0.15, -0.1) is 0 Å². The lowest BCUT2D eigenvalue weighted by Crippen LogP contribution is -2.39. The predicted molar refractivity (Wildman–Crippen MR) is 81.1 cm³/mol. The molecule has 0 radical (unpaired) electrons. The molecule has 1 aliphatic heterocycles. The Labute approximate surface area is 121 Å². The van der Waals surface area contributed by atoms with Crippen LogP contribution in [0.1, 0.15) is 43.6 Å². The van der Waals surface area contributed by atoms with Crippen LogP contribution in [-0.2, 0) is 0 Å². The van der Waals surface area contributed by atoms with E-state index in [-0.39, 0.29) is 0 Å². The van der Waals surface area contributed by atoms with E-state index in [0.717, 1.165) is 24.2 Å². The Bertz CT molecular complexity index is 500. The van der Waals surface area contributed by atoms with Gasteiger partial charge < -0.3 is 10.1 Å². The van der Waals surface area contributed by atoms with Gasteiger partial charge in [-0.05, 0) is 56.0 Å². The highest BCUT2D eigenvalue weighted by atomic mass is 16.5. The van der Waals surface area contributed by atoms with Crippen molar-refractivity contribution in [2.24, 2.45) is 17.3 Å². The molecule has 2 heteroatoms. The maximum atomic E-state index is 5.90. The number of para-hydroxylation sites is 1. The maximum absolute atomic E-state index is 5.90. The molecule has 108 valence electrons. The lowest BCUT2D eigenvalue weighted by atomic mass is 9.67. The van der Waals surface area contributed by atoms with Crippen molar-refractivity contribution in [2.45, 2.75) is 38.0 Å². The second-order valence-corrected chi connectivity index (χ2v) is 7.22. The van der Waals surface area contributed by atoms with E-state index in [1.54, 1.807) is 0 Å². The van der Waals surface area contributed by atoms with Gasteiger partial charge in [0.2, 0.25) is 0 Å². The van der Waals surface area contributed by atoms with E-state index < -0.39 is 0 Å². The van der Waals surface area contributed by atoms with E-state index in [1.165, 1.54) is 44.2 Å². The standard InChI is InChI=1S/C18H25NO/c1-19-12-18(9-13-6-7-15(18)8-13)10-14-11-20-17-5-3-2-4-16(14)17/h2-5,13-15,19H,6-12H2,1H3. The van der Waals surface area contributed by atoms with Crippen molar-refractivity contribution >= 4 is 0 Å². The van der Waals surface area contributed by atoms with E-state index in [4.69, 9.17) is 4.74 Å². The molecule has 3 aliphatic rings. The molecular weight excluding hydrogens is 246 g/mol. The molecular formula is C18H25NO. The third-order valence-electron chi connectivity index (χ3n) is 6.08. The number of rotatable bonds is 4. The fraction of sp³-hybridized carbons (Fsp3) is 0.667. The summed E-state index contributed by atoms with van der Waals surface area (Å²) in [7, 11) is 2.12.